The minimum absolute atomic E-state index is 0.691. The second kappa shape index (κ2) is 8.14. The Bertz CT molecular complexity index is 715. The molecule has 1 aromatic carbocycles. The third-order valence-electron chi connectivity index (χ3n) is 7.34. The van der Waals surface area contributed by atoms with E-state index in [1.807, 2.05) is 6.08 Å². The number of likely N-dealkylation sites (tertiary alicyclic amines) is 1. The number of hydrogen-bond acceptors (Lipinski definition) is 2. The van der Waals surface area contributed by atoms with Gasteiger partial charge >= 0.3 is 0 Å². The van der Waals surface area contributed by atoms with Crippen LogP contribution in [-0.4, -0.2) is 30.8 Å². The van der Waals surface area contributed by atoms with Crippen molar-refractivity contribution in [2.45, 2.75) is 51.9 Å². The lowest BCUT2D eigenvalue weighted by atomic mass is 9.85. The Balaban J connectivity index is 1.26. The predicted molar refractivity (Wildman–Crippen MR) is 112 cm³/mol. The molecule has 27 heavy (non-hydrogen) atoms. The number of aldehydes is 1. The molecule has 4 rings (SSSR count). The summed E-state index contributed by atoms with van der Waals surface area (Å²) in [7, 11) is 0. The summed E-state index contributed by atoms with van der Waals surface area (Å²) in [5, 5.41) is 0. The molecule has 0 N–H and O–H groups in total. The Hall–Kier alpha value is -1.67. The first-order valence-corrected chi connectivity index (χ1v) is 10.7. The van der Waals surface area contributed by atoms with E-state index in [4.69, 9.17) is 0 Å². The van der Waals surface area contributed by atoms with Gasteiger partial charge in [0.05, 0.1) is 0 Å². The third kappa shape index (κ3) is 4.27. The molecule has 1 aliphatic heterocycles. The van der Waals surface area contributed by atoms with Crippen LogP contribution in [0, 0.1) is 24.7 Å². The first-order chi connectivity index (χ1) is 13.1. The first kappa shape index (κ1) is 18.7. The Morgan fingerprint density at radius 1 is 1.07 bits per heavy atom. The van der Waals surface area contributed by atoms with E-state index in [1.54, 1.807) is 0 Å². The lowest BCUT2D eigenvalue weighted by Gasteiger charge is -2.24. The molecule has 2 aliphatic carbocycles. The molecule has 3 unspecified atom stereocenters. The van der Waals surface area contributed by atoms with E-state index in [-0.39, 0.29) is 0 Å². The maximum Gasteiger partial charge on any atom is 0.146 e. The average Bonchev–Trinajstić information content (AvgIpc) is 3.25. The molecule has 1 aromatic rings. The van der Waals surface area contributed by atoms with E-state index in [0.717, 1.165) is 42.5 Å². The zero-order valence-corrected chi connectivity index (χ0v) is 16.9. The first-order valence-electron chi connectivity index (χ1n) is 10.7. The fourth-order valence-electron chi connectivity index (χ4n) is 5.48. The van der Waals surface area contributed by atoms with Crippen LogP contribution in [0.2, 0.25) is 0 Å². The molecule has 1 saturated carbocycles. The van der Waals surface area contributed by atoms with Gasteiger partial charge in [0.1, 0.15) is 6.29 Å². The number of carbonyl (C=O) groups is 1. The number of benzene rings is 1. The van der Waals surface area contributed by atoms with Gasteiger partial charge in [0.15, 0.2) is 0 Å². The van der Waals surface area contributed by atoms with Gasteiger partial charge in [-0.3, -0.25) is 4.79 Å². The molecule has 3 atom stereocenters. The van der Waals surface area contributed by atoms with Crippen LogP contribution < -0.4 is 0 Å². The van der Waals surface area contributed by atoms with E-state index in [9.17, 15) is 4.79 Å². The summed E-state index contributed by atoms with van der Waals surface area (Å²) in [5.41, 5.74) is 5.34. The van der Waals surface area contributed by atoms with Gasteiger partial charge < -0.3 is 4.90 Å². The standard InChI is InChI=1S/C25H33NO/c1-18-3-9-22(10-4-18)19(2)23-13-24-15-26(16-25(24)14-23)12-11-20-5-7-21(17-27)8-6-20/h3-5,7,9-10,17,19,23-25H,6,8,11-16H2,1-2H3. The van der Waals surface area contributed by atoms with Crippen LogP contribution in [0.1, 0.15) is 56.1 Å². The lowest BCUT2D eigenvalue weighted by molar-refractivity contribution is -0.105. The molecule has 0 bridgehead atoms. The maximum absolute atomic E-state index is 10.8. The minimum Gasteiger partial charge on any atom is -0.302 e. The number of rotatable bonds is 6. The molecule has 2 nitrogen and oxygen atoms in total. The van der Waals surface area contributed by atoms with Crippen LogP contribution in [0.4, 0.5) is 0 Å². The highest BCUT2D eigenvalue weighted by atomic mass is 16.1. The van der Waals surface area contributed by atoms with E-state index < -0.39 is 0 Å². The van der Waals surface area contributed by atoms with Crippen LogP contribution in [0.25, 0.3) is 0 Å². The molecule has 0 spiro atoms. The summed E-state index contributed by atoms with van der Waals surface area (Å²) < 4.78 is 0. The number of fused-ring (bicyclic) bond motifs is 1. The van der Waals surface area contributed by atoms with Crippen molar-refractivity contribution in [1.82, 2.24) is 4.90 Å². The molecule has 0 amide bonds. The SMILES string of the molecule is Cc1ccc(C(C)C2CC3CN(CCC4=CC=C(C=O)CC4)CC3C2)cc1. The van der Waals surface area contributed by atoms with Crippen molar-refractivity contribution in [2.24, 2.45) is 17.8 Å². The number of allylic oxidation sites excluding steroid dienone is 3. The zero-order valence-electron chi connectivity index (χ0n) is 16.9. The van der Waals surface area contributed by atoms with E-state index >= 15 is 0 Å². The Kier molecular flexibility index (Phi) is 5.63. The van der Waals surface area contributed by atoms with Crippen molar-refractivity contribution < 1.29 is 4.79 Å². The highest BCUT2D eigenvalue weighted by Gasteiger charge is 2.42. The quantitative estimate of drug-likeness (QED) is 0.640. The predicted octanol–water partition coefficient (Wildman–Crippen LogP) is 5.29. The maximum atomic E-state index is 10.8. The number of carbonyl (C=O) groups excluding carboxylic acids is 1. The Labute approximate surface area is 164 Å². The van der Waals surface area contributed by atoms with Crippen LogP contribution in [0.3, 0.4) is 0 Å². The smallest absolute Gasteiger partial charge is 0.146 e. The number of aryl methyl sites for hydroxylation is 1. The fraction of sp³-hybridized carbons (Fsp3) is 0.560. The molecule has 3 aliphatic rings. The number of nitrogens with zero attached hydrogens (tertiary/aromatic N) is 1. The molecule has 1 saturated heterocycles. The van der Waals surface area contributed by atoms with Crippen molar-refractivity contribution in [3.8, 4) is 0 Å². The highest BCUT2D eigenvalue weighted by molar-refractivity contribution is 5.74. The van der Waals surface area contributed by atoms with Crippen LogP contribution in [0.5, 0.6) is 0 Å². The molecular weight excluding hydrogens is 330 g/mol. The summed E-state index contributed by atoms with van der Waals surface area (Å²) in [6.45, 7) is 8.39. The second-order valence-corrected chi connectivity index (χ2v) is 9.14. The van der Waals surface area contributed by atoms with Crippen molar-refractivity contribution >= 4 is 6.29 Å². The Morgan fingerprint density at radius 2 is 1.78 bits per heavy atom. The summed E-state index contributed by atoms with van der Waals surface area (Å²) in [5.74, 6) is 3.36. The van der Waals surface area contributed by atoms with Gasteiger partial charge in [0, 0.05) is 19.6 Å². The number of hydrogen-bond donors (Lipinski definition) is 0. The van der Waals surface area contributed by atoms with Gasteiger partial charge in [-0.05, 0) is 73.8 Å². The molecule has 1 heterocycles. The zero-order chi connectivity index (χ0) is 18.8. The van der Waals surface area contributed by atoms with Gasteiger partial charge in [0.2, 0.25) is 0 Å². The van der Waals surface area contributed by atoms with E-state index in [0.29, 0.717) is 5.92 Å². The van der Waals surface area contributed by atoms with Gasteiger partial charge in [0.25, 0.3) is 0 Å². The molecule has 2 fully saturated rings. The molecule has 0 aromatic heterocycles. The summed E-state index contributed by atoms with van der Waals surface area (Å²) in [4.78, 5) is 13.5. The lowest BCUT2D eigenvalue weighted by Crippen LogP contribution is -2.24. The third-order valence-corrected chi connectivity index (χ3v) is 7.34. The summed E-state index contributed by atoms with van der Waals surface area (Å²) in [6.07, 6.45) is 11.2. The monoisotopic (exact) mass is 363 g/mol. The molecule has 2 heteroatoms. The average molecular weight is 364 g/mol. The van der Waals surface area contributed by atoms with Gasteiger partial charge in [-0.25, -0.2) is 0 Å². The van der Waals surface area contributed by atoms with Crippen molar-refractivity contribution in [2.75, 3.05) is 19.6 Å². The van der Waals surface area contributed by atoms with Gasteiger partial charge in [-0.2, -0.15) is 0 Å². The summed E-state index contributed by atoms with van der Waals surface area (Å²) >= 11 is 0. The van der Waals surface area contributed by atoms with Gasteiger partial charge in [-0.15, -0.1) is 0 Å². The second-order valence-electron chi connectivity index (χ2n) is 9.14. The van der Waals surface area contributed by atoms with Crippen LogP contribution >= 0.6 is 0 Å². The summed E-state index contributed by atoms with van der Waals surface area (Å²) in [6, 6.07) is 9.19. The highest BCUT2D eigenvalue weighted by Crippen LogP contribution is 2.47. The van der Waals surface area contributed by atoms with Gasteiger partial charge in [-0.1, -0.05) is 54.5 Å². The van der Waals surface area contributed by atoms with Crippen molar-refractivity contribution in [1.29, 1.82) is 0 Å². The van der Waals surface area contributed by atoms with Crippen LogP contribution in [-0.2, 0) is 4.79 Å². The molecule has 0 radical (unpaired) electrons. The van der Waals surface area contributed by atoms with Crippen LogP contribution in [0.15, 0.2) is 47.6 Å². The van der Waals surface area contributed by atoms with E-state index in [2.05, 4.69) is 49.1 Å². The molecule has 144 valence electrons. The topological polar surface area (TPSA) is 20.3 Å². The fourth-order valence-corrected chi connectivity index (χ4v) is 5.48. The molecular formula is C25H33NO. The van der Waals surface area contributed by atoms with Crippen molar-refractivity contribution in [3.05, 3.63) is 58.7 Å². The largest absolute Gasteiger partial charge is 0.302 e. The van der Waals surface area contributed by atoms with Crippen molar-refractivity contribution in [3.63, 3.8) is 0 Å². The normalized spacial score (nSPS) is 29.2. The van der Waals surface area contributed by atoms with E-state index in [1.165, 1.54) is 55.6 Å². The Morgan fingerprint density at radius 3 is 2.37 bits per heavy atom. The minimum atomic E-state index is 0.691.